The number of carbonyl (C=O) groups excluding carboxylic acids is 1. The van der Waals surface area contributed by atoms with Crippen LogP contribution < -0.4 is 11.1 Å². The van der Waals surface area contributed by atoms with Gasteiger partial charge in [0.2, 0.25) is 0 Å². The van der Waals surface area contributed by atoms with Gasteiger partial charge < -0.3 is 11.1 Å². The summed E-state index contributed by atoms with van der Waals surface area (Å²) < 4.78 is 26.8. The van der Waals surface area contributed by atoms with Crippen LogP contribution in [-0.2, 0) is 0 Å². The highest BCUT2D eigenvalue weighted by Crippen LogP contribution is 2.34. The number of halogens is 2. The number of hydrogen-bond donors (Lipinski definition) is 2. The summed E-state index contributed by atoms with van der Waals surface area (Å²) in [6, 6.07) is 17.1. The number of rotatable bonds is 4. The number of anilines is 2. The van der Waals surface area contributed by atoms with E-state index < -0.39 is 11.6 Å². The molecule has 0 saturated carbocycles. The lowest BCUT2D eigenvalue weighted by atomic mass is 10.2. The normalized spacial score (nSPS) is 10.5. The van der Waals surface area contributed by atoms with Gasteiger partial charge in [-0.3, -0.25) is 4.79 Å². The lowest BCUT2D eigenvalue weighted by Gasteiger charge is -2.10. The highest BCUT2D eigenvalue weighted by molar-refractivity contribution is 7.99. The number of carbonyl (C=O) groups is 1. The molecule has 3 aromatic rings. The molecule has 126 valence electrons. The molecule has 25 heavy (non-hydrogen) atoms. The van der Waals surface area contributed by atoms with E-state index in [9.17, 15) is 13.6 Å². The van der Waals surface area contributed by atoms with Crippen LogP contribution in [0.15, 0.2) is 76.5 Å². The molecule has 0 atom stereocenters. The third kappa shape index (κ3) is 4.16. The first-order valence-electron chi connectivity index (χ1n) is 7.42. The SMILES string of the molecule is Nc1ccc(C(=O)Nc2ccccc2)cc1Sc1ccc(F)cc1F. The van der Waals surface area contributed by atoms with Gasteiger partial charge in [-0.2, -0.15) is 0 Å². The summed E-state index contributed by atoms with van der Waals surface area (Å²) in [5, 5.41) is 2.77. The van der Waals surface area contributed by atoms with Crippen molar-refractivity contribution in [1.29, 1.82) is 0 Å². The maximum Gasteiger partial charge on any atom is 0.255 e. The van der Waals surface area contributed by atoms with Gasteiger partial charge in [-0.05, 0) is 42.5 Å². The third-order valence-electron chi connectivity index (χ3n) is 3.42. The van der Waals surface area contributed by atoms with E-state index in [0.29, 0.717) is 21.8 Å². The van der Waals surface area contributed by atoms with E-state index in [1.54, 1.807) is 30.3 Å². The molecule has 1 amide bonds. The van der Waals surface area contributed by atoms with Crippen LogP contribution >= 0.6 is 11.8 Å². The number of benzene rings is 3. The van der Waals surface area contributed by atoms with Crippen molar-refractivity contribution < 1.29 is 13.6 Å². The minimum Gasteiger partial charge on any atom is -0.398 e. The average molecular weight is 356 g/mol. The minimum absolute atomic E-state index is 0.230. The van der Waals surface area contributed by atoms with Crippen molar-refractivity contribution in [3.05, 3.63) is 83.9 Å². The molecule has 0 radical (unpaired) electrons. The van der Waals surface area contributed by atoms with Crippen molar-refractivity contribution >= 4 is 29.0 Å². The van der Waals surface area contributed by atoms with E-state index >= 15 is 0 Å². The Hall–Kier alpha value is -2.86. The van der Waals surface area contributed by atoms with Crippen LogP contribution in [0.5, 0.6) is 0 Å². The molecule has 0 saturated heterocycles. The Balaban J connectivity index is 1.84. The predicted octanol–water partition coefficient (Wildman–Crippen LogP) is 4.95. The fourth-order valence-electron chi connectivity index (χ4n) is 2.17. The standard InChI is InChI=1S/C19H14F2N2OS/c20-13-7-9-17(15(21)11-13)25-18-10-12(6-8-16(18)22)19(24)23-14-4-2-1-3-5-14/h1-11H,22H2,(H,23,24). The summed E-state index contributed by atoms with van der Waals surface area (Å²) in [7, 11) is 0. The highest BCUT2D eigenvalue weighted by Gasteiger charge is 2.12. The predicted molar refractivity (Wildman–Crippen MR) is 95.7 cm³/mol. The second-order valence-corrected chi connectivity index (χ2v) is 6.33. The van der Waals surface area contributed by atoms with E-state index in [1.807, 2.05) is 18.2 Å². The Labute approximate surface area is 147 Å². The molecule has 0 aliphatic carbocycles. The topological polar surface area (TPSA) is 55.1 Å². The third-order valence-corrected chi connectivity index (χ3v) is 4.55. The number of nitrogens with two attached hydrogens (primary N) is 1. The van der Waals surface area contributed by atoms with E-state index in [-0.39, 0.29) is 10.8 Å². The molecule has 0 aliphatic rings. The number of amides is 1. The van der Waals surface area contributed by atoms with Gasteiger partial charge in [0, 0.05) is 32.8 Å². The van der Waals surface area contributed by atoms with Gasteiger partial charge in [0.25, 0.3) is 5.91 Å². The molecule has 0 fully saturated rings. The Bertz CT molecular complexity index is 917. The van der Waals surface area contributed by atoms with Crippen molar-refractivity contribution in [3.8, 4) is 0 Å². The van der Waals surface area contributed by atoms with Gasteiger partial charge in [-0.15, -0.1) is 0 Å². The van der Waals surface area contributed by atoms with E-state index in [0.717, 1.165) is 17.8 Å². The number of nitrogen functional groups attached to an aromatic ring is 1. The van der Waals surface area contributed by atoms with E-state index in [2.05, 4.69) is 5.32 Å². The Morgan fingerprint density at radius 3 is 2.40 bits per heavy atom. The van der Waals surface area contributed by atoms with Crippen molar-refractivity contribution in [2.75, 3.05) is 11.1 Å². The van der Waals surface area contributed by atoms with E-state index in [1.165, 1.54) is 12.1 Å². The molecular weight excluding hydrogens is 342 g/mol. The zero-order valence-corrected chi connectivity index (χ0v) is 13.8. The summed E-state index contributed by atoms with van der Waals surface area (Å²) in [6.45, 7) is 0. The molecule has 3 nitrogen and oxygen atoms in total. The zero-order chi connectivity index (χ0) is 17.8. The van der Waals surface area contributed by atoms with Crippen LogP contribution in [0.2, 0.25) is 0 Å². The van der Waals surface area contributed by atoms with Gasteiger partial charge in [0.1, 0.15) is 11.6 Å². The van der Waals surface area contributed by atoms with Crippen LogP contribution in [0.3, 0.4) is 0 Å². The first kappa shape index (κ1) is 17.0. The second kappa shape index (κ2) is 7.36. The van der Waals surface area contributed by atoms with Gasteiger partial charge in [-0.1, -0.05) is 30.0 Å². The highest BCUT2D eigenvalue weighted by atomic mass is 32.2. The van der Waals surface area contributed by atoms with Gasteiger partial charge in [0.05, 0.1) is 0 Å². The van der Waals surface area contributed by atoms with E-state index in [4.69, 9.17) is 5.73 Å². The quantitative estimate of drug-likeness (QED) is 0.650. The van der Waals surface area contributed by atoms with Crippen LogP contribution in [0.25, 0.3) is 0 Å². The first-order chi connectivity index (χ1) is 12.0. The summed E-state index contributed by atoms with van der Waals surface area (Å²) in [6.07, 6.45) is 0. The van der Waals surface area contributed by atoms with Gasteiger partial charge in [-0.25, -0.2) is 8.78 Å². The Morgan fingerprint density at radius 2 is 1.68 bits per heavy atom. The van der Waals surface area contributed by atoms with Crippen molar-refractivity contribution in [1.82, 2.24) is 0 Å². The number of hydrogen-bond acceptors (Lipinski definition) is 3. The summed E-state index contributed by atoms with van der Waals surface area (Å²) in [4.78, 5) is 13.1. The Morgan fingerprint density at radius 1 is 0.920 bits per heavy atom. The van der Waals surface area contributed by atoms with Crippen LogP contribution in [0.4, 0.5) is 20.2 Å². The molecule has 3 N–H and O–H groups in total. The van der Waals surface area contributed by atoms with Gasteiger partial charge >= 0.3 is 0 Å². The summed E-state index contributed by atoms with van der Waals surface area (Å²) in [5.41, 5.74) is 7.39. The maximum absolute atomic E-state index is 13.8. The lowest BCUT2D eigenvalue weighted by Crippen LogP contribution is -2.12. The lowest BCUT2D eigenvalue weighted by molar-refractivity contribution is 0.102. The van der Waals surface area contributed by atoms with Crippen LogP contribution in [0, 0.1) is 11.6 Å². The van der Waals surface area contributed by atoms with Crippen molar-refractivity contribution in [3.63, 3.8) is 0 Å². The minimum atomic E-state index is -0.677. The zero-order valence-electron chi connectivity index (χ0n) is 13.0. The molecule has 3 aromatic carbocycles. The second-order valence-electron chi connectivity index (χ2n) is 5.25. The molecule has 0 bridgehead atoms. The smallest absolute Gasteiger partial charge is 0.255 e. The monoisotopic (exact) mass is 356 g/mol. The summed E-state index contributed by atoms with van der Waals surface area (Å²) >= 11 is 1.04. The van der Waals surface area contributed by atoms with Crippen LogP contribution in [-0.4, -0.2) is 5.91 Å². The molecule has 0 unspecified atom stereocenters. The maximum atomic E-state index is 13.8. The number of para-hydroxylation sites is 1. The van der Waals surface area contributed by atoms with Crippen molar-refractivity contribution in [2.45, 2.75) is 9.79 Å². The van der Waals surface area contributed by atoms with Crippen LogP contribution in [0.1, 0.15) is 10.4 Å². The fraction of sp³-hybridized carbons (Fsp3) is 0. The number of nitrogens with one attached hydrogen (secondary N) is 1. The molecule has 0 aliphatic heterocycles. The molecule has 0 heterocycles. The van der Waals surface area contributed by atoms with Gasteiger partial charge in [0.15, 0.2) is 0 Å². The molecule has 0 spiro atoms. The molecule has 3 rings (SSSR count). The fourth-order valence-corrected chi connectivity index (χ4v) is 3.07. The average Bonchev–Trinajstić information content (AvgIpc) is 2.60. The molecule has 0 aromatic heterocycles. The molecule has 6 heteroatoms. The molecular formula is C19H14F2N2OS. The summed E-state index contributed by atoms with van der Waals surface area (Å²) in [5.74, 6) is -1.62. The largest absolute Gasteiger partial charge is 0.398 e. The first-order valence-corrected chi connectivity index (χ1v) is 8.23. The Kier molecular flexibility index (Phi) is 5.00. The van der Waals surface area contributed by atoms with Crippen molar-refractivity contribution in [2.24, 2.45) is 0 Å².